The fourth-order valence-corrected chi connectivity index (χ4v) is 2.97. The number of para-hydroxylation sites is 1. The van der Waals surface area contributed by atoms with Crippen molar-refractivity contribution in [2.45, 2.75) is 4.90 Å². The van der Waals surface area contributed by atoms with E-state index < -0.39 is 23.3 Å². The number of ether oxygens (including phenoxy) is 3. The molecule has 0 aromatic heterocycles. The Morgan fingerprint density at radius 1 is 1.07 bits per heavy atom. The molecule has 0 radical (unpaired) electrons. The fraction of sp³-hybridized carbons (Fsp3) is 0.222. The maximum atomic E-state index is 12.2. The van der Waals surface area contributed by atoms with Gasteiger partial charge in [0.15, 0.2) is 23.9 Å². The maximum absolute atomic E-state index is 12.2. The zero-order valence-electron chi connectivity index (χ0n) is 14.7. The summed E-state index contributed by atoms with van der Waals surface area (Å²) in [5.41, 5.74) is 0.225. The van der Waals surface area contributed by atoms with Crippen LogP contribution in [0.25, 0.3) is 0 Å². The zero-order chi connectivity index (χ0) is 19.8. The lowest BCUT2D eigenvalue weighted by Crippen LogP contribution is -2.15. The molecule has 0 bridgehead atoms. The van der Waals surface area contributed by atoms with E-state index in [2.05, 4.69) is 0 Å². The van der Waals surface area contributed by atoms with Crippen LogP contribution in [-0.2, 0) is 9.53 Å². The Morgan fingerprint density at radius 3 is 2.44 bits per heavy atom. The highest BCUT2D eigenvalue weighted by Gasteiger charge is 2.16. The Hall–Kier alpha value is -3.07. The molecule has 8 nitrogen and oxygen atoms in total. The number of Topliss-reactive ketones (excluding diaryl/α,β-unsaturated/α-hetero) is 1. The molecule has 0 atom stereocenters. The SMILES string of the molecule is COc1ccc(C(=O)COC(=O)CSc2ccccc2[N+](=O)[O-])cc1OC. The van der Waals surface area contributed by atoms with Gasteiger partial charge in [-0.05, 0) is 24.3 Å². The number of nitro benzene ring substituents is 1. The van der Waals surface area contributed by atoms with Gasteiger partial charge in [-0.15, -0.1) is 11.8 Å². The number of ketones is 1. The number of benzene rings is 2. The monoisotopic (exact) mass is 391 g/mol. The van der Waals surface area contributed by atoms with Crippen LogP contribution >= 0.6 is 11.8 Å². The Labute approximate surface area is 159 Å². The molecule has 27 heavy (non-hydrogen) atoms. The van der Waals surface area contributed by atoms with E-state index in [1.54, 1.807) is 30.3 Å². The van der Waals surface area contributed by atoms with Gasteiger partial charge in [0.25, 0.3) is 5.69 Å². The summed E-state index contributed by atoms with van der Waals surface area (Å²) in [6.07, 6.45) is 0. The second-order valence-corrected chi connectivity index (χ2v) is 6.18. The number of carbonyl (C=O) groups is 2. The summed E-state index contributed by atoms with van der Waals surface area (Å²) >= 11 is 0.978. The Kier molecular flexibility index (Phi) is 7.18. The van der Waals surface area contributed by atoms with Crippen LogP contribution in [0.15, 0.2) is 47.4 Å². The van der Waals surface area contributed by atoms with Gasteiger partial charge in [-0.3, -0.25) is 19.7 Å². The van der Waals surface area contributed by atoms with E-state index in [9.17, 15) is 19.7 Å². The predicted molar refractivity (Wildman–Crippen MR) is 98.7 cm³/mol. The minimum Gasteiger partial charge on any atom is -0.493 e. The number of methoxy groups -OCH3 is 2. The lowest BCUT2D eigenvalue weighted by Gasteiger charge is -2.09. The van der Waals surface area contributed by atoms with Gasteiger partial charge < -0.3 is 14.2 Å². The highest BCUT2D eigenvalue weighted by Crippen LogP contribution is 2.29. The number of nitrogens with zero attached hydrogens (tertiary/aromatic N) is 1. The van der Waals surface area contributed by atoms with Crippen LogP contribution in [0.1, 0.15) is 10.4 Å². The van der Waals surface area contributed by atoms with Crippen molar-refractivity contribution in [3.05, 3.63) is 58.1 Å². The lowest BCUT2D eigenvalue weighted by molar-refractivity contribution is -0.387. The molecule has 142 valence electrons. The van der Waals surface area contributed by atoms with Crippen molar-refractivity contribution < 1.29 is 28.7 Å². The first-order valence-corrected chi connectivity index (χ1v) is 8.72. The van der Waals surface area contributed by atoms with E-state index in [4.69, 9.17) is 14.2 Å². The first-order valence-electron chi connectivity index (χ1n) is 7.73. The third-order valence-electron chi connectivity index (χ3n) is 3.48. The molecule has 0 saturated heterocycles. The minimum atomic E-state index is -0.646. The van der Waals surface area contributed by atoms with Crippen LogP contribution < -0.4 is 9.47 Å². The molecule has 9 heteroatoms. The van der Waals surface area contributed by atoms with Gasteiger partial charge in [0.05, 0.1) is 29.8 Å². The van der Waals surface area contributed by atoms with E-state index in [0.717, 1.165) is 11.8 Å². The number of hydrogen-bond donors (Lipinski definition) is 0. The third kappa shape index (κ3) is 5.45. The molecule has 0 saturated carbocycles. The first-order chi connectivity index (χ1) is 13.0. The van der Waals surface area contributed by atoms with Gasteiger partial charge in [-0.1, -0.05) is 12.1 Å². The summed E-state index contributed by atoms with van der Waals surface area (Å²) in [6, 6.07) is 10.7. The van der Waals surface area contributed by atoms with Gasteiger partial charge in [-0.2, -0.15) is 0 Å². The second kappa shape index (κ2) is 9.58. The molecule has 0 spiro atoms. The number of esters is 1. The average molecular weight is 391 g/mol. The van der Waals surface area contributed by atoms with Gasteiger partial charge in [0, 0.05) is 11.6 Å². The number of hydrogen-bond acceptors (Lipinski definition) is 8. The van der Waals surface area contributed by atoms with Crippen LogP contribution in [0.5, 0.6) is 11.5 Å². The summed E-state index contributed by atoms with van der Waals surface area (Å²) in [5.74, 6) is -0.329. The molecule has 0 fully saturated rings. The number of nitro groups is 1. The highest BCUT2D eigenvalue weighted by atomic mass is 32.2. The van der Waals surface area contributed by atoms with Crippen molar-refractivity contribution >= 4 is 29.2 Å². The van der Waals surface area contributed by atoms with E-state index in [-0.39, 0.29) is 11.4 Å². The molecule has 0 aliphatic heterocycles. The average Bonchev–Trinajstić information content (AvgIpc) is 2.69. The Balaban J connectivity index is 1.90. The Bertz CT molecular complexity index is 853. The smallest absolute Gasteiger partial charge is 0.316 e. The van der Waals surface area contributed by atoms with Crippen LogP contribution in [0.3, 0.4) is 0 Å². The van der Waals surface area contributed by atoms with E-state index in [1.165, 1.54) is 26.4 Å². The van der Waals surface area contributed by atoms with Gasteiger partial charge in [0.1, 0.15) is 0 Å². The third-order valence-corrected chi connectivity index (χ3v) is 4.51. The van der Waals surface area contributed by atoms with Crippen LogP contribution in [0.2, 0.25) is 0 Å². The minimum absolute atomic E-state index is 0.0864. The summed E-state index contributed by atoms with van der Waals surface area (Å²) in [6.45, 7) is -0.439. The molecule has 2 aromatic rings. The standard InChI is InChI=1S/C18H17NO7S/c1-24-15-8-7-12(9-16(15)25-2)14(20)10-26-18(21)11-27-17-6-4-3-5-13(17)19(22)23/h3-9H,10-11H2,1-2H3. The van der Waals surface area contributed by atoms with Gasteiger partial charge >= 0.3 is 5.97 Å². The topological polar surface area (TPSA) is 105 Å². The molecule has 0 amide bonds. The van der Waals surface area contributed by atoms with Crippen molar-refractivity contribution in [1.29, 1.82) is 0 Å². The van der Waals surface area contributed by atoms with Crippen LogP contribution in [-0.4, -0.2) is 43.3 Å². The molecule has 2 rings (SSSR count). The molecule has 0 N–H and O–H groups in total. The van der Waals surface area contributed by atoms with Crippen molar-refractivity contribution in [3.63, 3.8) is 0 Å². The number of carbonyl (C=O) groups excluding carboxylic acids is 2. The van der Waals surface area contributed by atoms with Crippen LogP contribution in [0, 0.1) is 10.1 Å². The van der Waals surface area contributed by atoms with Gasteiger partial charge in [-0.25, -0.2) is 0 Å². The zero-order valence-corrected chi connectivity index (χ0v) is 15.5. The van der Waals surface area contributed by atoms with Crippen molar-refractivity contribution in [3.8, 4) is 11.5 Å². The van der Waals surface area contributed by atoms with Crippen molar-refractivity contribution in [1.82, 2.24) is 0 Å². The lowest BCUT2D eigenvalue weighted by atomic mass is 10.1. The predicted octanol–water partition coefficient (Wildman–Crippen LogP) is 3.13. The summed E-state index contributed by atoms with van der Waals surface area (Å²) in [5, 5.41) is 10.9. The molecule has 0 aliphatic rings. The summed E-state index contributed by atoms with van der Waals surface area (Å²) < 4.78 is 15.2. The van der Waals surface area contributed by atoms with E-state index in [0.29, 0.717) is 22.0 Å². The van der Waals surface area contributed by atoms with E-state index >= 15 is 0 Å². The molecule has 0 unspecified atom stereocenters. The highest BCUT2D eigenvalue weighted by molar-refractivity contribution is 8.00. The Morgan fingerprint density at radius 2 is 1.78 bits per heavy atom. The quantitative estimate of drug-likeness (QED) is 0.211. The van der Waals surface area contributed by atoms with Crippen LogP contribution in [0.4, 0.5) is 5.69 Å². The molecular formula is C18H17NO7S. The molecule has 0 aliphatic carbocycles. The maximum Gasteiger partial charge on any atom is 0.316 e. The fourth-order valence-electron chi connectivity index (χ4n) is 2.15. The summed E-state index contributed by atoms with van der Waals surface area (Å²) in [7, 11) is 2.93. The molecule has 2 aromatic carbocycles. The normalized spacial score (nSPS) is 10.1. The summed E-state index contributed by atoms with van der Waals surface area (Å²) in [4.78, 5) is 34.8. The molecular weight excluding hydrogens is 374 g/mol. The number of rotatable bonds is 9. The first kappa shape index (κ1) is 20.2. The van der Waals surface area contributed by atoms with Crippen molar-refractivity contribution in [2.75, 3.05) is 26.6 Å². The second-order valence-electron chi connectivity index (χ2n) is 5.17. The van der Waals surface area contributed by atoms with E-state index in [1.807, 2.05) is 0 Å². The largest absolute Gasteiger partial charge is 0.493 e. The number of thioether (sulfide) groups is 1. The van der Waals surface area contributed by atoms with Gasteiger partial charge in [0.2, 0.25) is 0 Å². The molecule has 0 heterocycles. The van der Waals surface area contributed by atoms with Crippen molar-refractivity contribution in [2.24, 2.45) is 0 Å².